The van der Waals surface area contributed by atoms with Gasteiger partial charge in [-0.1, -0.05) is 0 Å². The van der Waals surface area contributed by atoms with Gasteiger partial charge in [-0.15, -0.1) is 0 Å². The van der Waals surface area contributed by atoms with Gasteiger partial charge in [0, 0.05) is 43.1 Å². The van der Waals surface area contributed by atoms with Crippen LogP contribution in [0.2, 0.25) is 0 Å². The van der Waals surface area contributed by atoms with Crippen molar-refractivity contribution in [3.05, 3.63) is 50.0 Å². The predicted octanol–water partition coefficient (Wildman–Crippen LogP) is 3.23. The summed E-state index contributed by atoms with van der Waals surface area (Å²) in [6.45, 7) is 1.22. The van der Waals surface area contributed by atoms with Crippen molar-refractivity contribution in [2.45, 2.75) is 25.3 Å². The largest absolute Gasteiger partial charge is 0.383 e. The minimum atomic E-state index is -0.588. The highest BCUT2D eigenvalue weighted by molar-refractivity contribution is 9.10. The van der Waals surface area contributed by atoms with Crippen molar-refractivity contribution >= 4 is 34.1 Å². The molecule has 2 aromatic rings. The molecule has 5 nitrogen and oxygen atoms in total. The number of imidazole rings is 1. The first kappa shape index (κ1) is 19.2. The third-order valence-corrected chi connectivity index (χ3v) is 5.41. The van der Waals surface area contributed by atoms with Crippen molar-refractivity contribution in [1.29, 1.82) is 0 Å². The number of carbonyl (C=O) groups excluding carboxylic acids is 1. The van der Waals surface area contributed by atoms with Crippen molar-refractivity contribution in [3.63, 3.8) is 0 Å². The number of benzene rings is 1. The van der Waals surface area contributed by atoms with Crippen molar-refractivity contribution in [2.75, 3.05) is 20.3 Å². The van der Waals surface area contributed by atoms with Gasteiger partial charge in [0.15, 0.2) is 4.77 Å². The van der Waals surface area contributed by atoms with Gasteiger partial charge in [-0.25, -0.2) is 8.78 Å². The predicted molar refractivity (Wildman–Crippen MR) is 98.7 cm³/mol. The van der Waals surface area contributed by atoms with Crippen molar-refractivity contribution in [1.82, 2.24) is 14.9 Å². The Kier molecular flexibility index (Phi) is 5.89. The molecule has 1 aromatic carbocycles. The second-order valence-electron chi connectivity index (χ2n) is 6.14. The smallest absolute Gasteiger partial charge is 0.226 e. The quantitative estimate of drug-likeness (QED) is 0.407. The van der Waals surface area contributed by atoms with Crippen LogP contribution in [0.4, 0.5) is 8.78 Å². The van der Waals surface area contributed by atoms with Gasteiger partial charge in [0.25, 0.3) is 0 Å². The van der Waals surface area contributed by atoms with Crippen LogP contribution in [0.3, 0.4) is 0 Å². The summed E-state index contributed by atoms with van der Waals surface area (Å²) in [7, 11) is 1.56. The maximum atomic E-state index is 14.4. The van der Waals surface area contributed by atoms with E-state index in [-0.39, 0.29) is 28.3 Å². The maximum absolute atomic E-state index is 14.4. The molecule has 140 valence electrons. The van der Waals surface area contributed by atoms with E-state index < -0.39 is 11.6 Å². The molecule has 0 fully saturated rings. The van der Waals surface area contributed by atoms with E-state index >= 15 is 0 Å². The fraction of sp³-hybridized carbons (Fsp3) is 0.412. The minimum Gasteiger partial charge on any atom is -0.383 e. The van der Waals surface area contributed by atoms with Crippen LogP contribution in [0.15, 0.2) is 16.6 Å². The van der Waals surface area contributed by atoms with E-state index in [1.165, 1.54) is 12.1 Å². The van der Waals surface area contributed by atoms with Gasteiger partial charge in [0.2, 0.25) is 5.91 Å². The summed E-state index contributed by atoms with van der Waals surface area (Å²) in [6, 6.07) is 2.60. The topological polar surface area (TPSA) is 59.0 Å². The molecular formula is C17H18BrF2N3O2S. The first-order valence-corrected chi connectivity index (χ1v) is 9.32. The number of carbonyl (C=O) groups is 1. The van der Waals surface area contributed by atoms with E-state index in [0.29, 0.717) is 36.6 Å². The number of H-pyrrole nitrogens is 1. The lowest BCUT2D eigenvalue weighted by atomic mass is 9.95. The van der Waals surface area contributed by atoms with Crippen LogP contribution in [0, 0.1) is 16.4 Å². The normalized spacial score (nSPS) is 15.9. The summed E-state index contributed by atoms with van der Waals surface area (Å²) >= 11 is 8.42. The van der Waals surface area contributed by atoms with Gasteiger partial charge >= 0.3 is 0 Å². The highest BCUT2D eigenvalue weighted by Crippen LogP contribution is 2.36. The molecule has 0 saturated heterocycles. The molecule has 2 N–H and O–H groups in total. The van der Waals surface area contributed by atoms with E-state index in [1.807, 2.05) is 4.57 Å². The summed E-state index contributed by atoms with van der Waals surface area (Å²) in [5.74, 6) is -1.69. The SMILES string of the molecule is COCCNC(=O)Cc1[nH]c(=S)n2c1CC(c1c(F)ccc(Br)c1F)C2. The lowest BCUT2D eigenvalue weighted by Crippen LogP contribution is -2.28. The fourth-order valence-electron chi connectivity index (χ4n) is 3.27. The Morgan fingerprint density at radius 1 is 1.50 bits per heavy atom. The number of halogens is 3. The maximum Gasteiger partial charge on any atom is 0.226 e. The number of nitrogens with zero attached hydrogens (tertiary/aromatic N) is 1. The third kappa shape index (κ3) is 3.74. The van der Waals surface area contributed by atoms with Gasteiger partial charge in [-0.2, -0.15) is 0 Å². The number of amides is 1. The summed E-state index contributed by atoms with van der Waals surface area (Å²) < 4.78 is 36.0. The highest BCUT2D eigenvalue weighted by Gasteiger charge is 2.31. The van der Waals surface area contributed by atoms with E-state index in [4.69, 9.17) is 17.0 Å². The zero-order valence-electron chi connectivity index (χ0n) is 14.1. The molecule has 0 saturated carbocycles. The fourth-order valence-corrected chi connectivity index (χ4v) is 3.92. The van der Waals surface area contributed by atoms with Gasteiger partial charge in [-0.3, -0.25) is 4.79 Å². The first-order chi connectivity index (χ1) is 12.4. The van der Waals surface area contributed by atoms with Crippen LogP contribution in [0.25, 0.3) is 0 Å². The van der Waals surface area contributed by atoms with Crippen LogP contribution in [0.5, 0.6) is 0 Å². The molecule has 1 amide bonds. The molecule has 1 aliphatic rings. The molecule has 9 heteroatoms. The number of fused-ring (bicyclic) bond motifs is 1. The summed E-state index contributed by atoms with van der Waals surface area (Å²) in [5.41, 5.74) is 1.55. The van der Waals surface area contributed by atoms with Crippen molar-refractivity contribution in [3.8, 4) is 0 Å². The lowest BCUT2D eigenvalue weighted by Gasteiger charge is -2.13. The average Bonchev–Trinajstić information content (AvgIpc) is 3.13. The summed E-state index contributed by atoms with van der Waals surface area (Å²) in [5, 5.41) is 2.75. The molecule has 0 radical (unpaired) electrons. The second kappa shape index (κ2) is 7.98. The molecule has 0 spiro atoms. The number of hydrogen-bond acceptors (Lipinski definition) is 3. The van der Waals surface area contributed by atoms with E-state index in [9.17, 15) is 13.6 Å². The monoisotopic (exact) mass is 445 g/mol. The summed E-state index contributed by atoms with van der Waals surface area (Å²) in [4.78, 5) is 15.1. The molecule has 0 aliphatic carbocycles. The van der Waals surface area contributed by atoms with Crippen molar-refractivity contribution < 1.29 is 18.3 Å². The Morgan fingerprint density at radius 3 is 3.00 bits per heavy atom. The van der Waals surface area contributed by atoms with Crippen LogP contribution >= 0.6 is 28.1 Å². The zero-order valence-corrected chi connectivity index (χ0v) is 16.5. The number of methoxy groups -OCH3 is 1. The summed E-state index contributed by atoms with van der Waals surface area (Å²) in [6.07, 6.45) is 0.546. The van der Waals surface area contributed by atoms with Crippen molar-refractivity contribution in [2.24, 2.45) is 0 Å². The second-order valence-corrected chi connectivity index (χ2v) is 7.38. The van der Waals surface area contributed by atoms with Gasteiger partial charge < -0.3 is 19.6 Å². The molecule has 26 heavy (non-hydrogen) atoms. The standard InChI is InChI=1S/C17H18BrF2N3O2S/c1-25-5-4-21-14(24)7-12-13-6-9(8-23(13)17(26)22-12)15-11(19)3-2-10(18)16(15)20/h2-3,9H,4-8H2,1H3,(H,21,24)(H,22,26). The molecule has 1 aromatic heterocycles. The Hall–Kier alpha value is -1.58. The zero-order chi connectivity index (χ0) is 18.8. The van der Waals surface area contributed by atoms with Gasteiger partial charge in [0.1, 0.15) is 11.6 Å². The number of hydrogen-bond donors (Lipinski definition) is 2. The Labute approximate surface area is 162 Å². The molecule has 1 atom stereocenters. The van der Waals surface area contributed by atoms with Crippen LogP contribution in [-0.2, 0) is 28.9 Å². The molecular weight excluding hydrogens is 428 g/mol. The molecule has 3 rings (SSSR count). The van der Waals surface area contributed by atoms with E-state index in [1.54, 1.807) is 7.11 Å². The number of aromatic nitrogens is 2. The lowest BCUT2D eigenvalue weighted by molar-refractivity contribution is -0.120. The Morgan fingerprint density at radius 2 is 2.27 bits per heavy atom. The first-order valence-electron chi connectivity index (χ1n) is 8.12. The van der Waals surface area contributed by atoms with E-state index in [2.05, 4.69) is 26.2 Å². The van der Waals surface area contributed by atoms with Gasteiger partial charge in [-0.05, 0) is 46.7 Å². The van der Waals surface area contributed by atoms with E-state index in [0.717, 1.165) is 5.69 Å². The molecule has 0 bridgehead atoms. The molecule has 2 heterocycles. The molecule has 1 aliphatic heterocycles. The van der Waals surface area contributed by atoms with Crippen LogP contribution in [0.1, 0.15) is 22.9 Å². The number of ether oxygens (including phenoxy) is 1. The minimum absolute atomic E-state index is 0.0490. The van der Waals surface area contributed by atoms with Crippen LogP contribution in [-0.4, -0.2) is 35.7 Å². The average molecular weight is 446 g/mol. The van der Waals surface area contributed by atoms with Gasteiger partial charge in [0.05, 0.1) is 17.5 Å². The number of aromatic amines is 1. The molecule has 1 unspecified atom stereocenters. The number of rotatable bonds is 6. The third-order valence-electron chi connectivity index (χ3n) is 4.47. The number of nitrogens with one attached hydrogen (secondary N) is 2. The van der Waals surface area contributed by atoms with Crippen LogP contribution < -0.4 is 5.32 Å². The Bertz CT molecular complexity index is 897. The highest BCUT2D eigenvalue weighted by atomic mass is 79.9. The Balaban J connectivity index is 1.81.